The minimum atomic E-state index is -0.883. The standard InChI is InChI=1S/C22H30N2O3/c25-22(26)23-18-7-5-16(6-8-18)9-12-24-13-10-17(11-14-24)20-15-27-21-4-2-1-3-19(20)21/h1-4,15-18,23H,5-14H2,(H,25,26). The monoisotopic (exact) mass is 370 g/mol. The van der Waals surface area contributed by atoms with Gasteiger partial charge in [-0.05, 0) is 82.5 Å². The Morgan fingerprint density at radius 2 is 1.85 bits per heavy atom. The summed E-state index contributed by atoms with van der Waals surface area (Å²) in [4.78, 5) is 13.4. The second kappa shape index (κ2) is 8.34. The molecule has 1 aliphatic heterocycles. The molecule has 1 saturated heterocycles. The summed E-state index contributed by atoms with van der Waals surface area (Å²) in [5.41, 5.74) is 2.39. The number of carbonyl (C=O) groups is 1. The van der Waals surface area contributed by atoms with Crippen LogP contribution in [0.3, 0.4) is 0 Å². The lowest BCUT2D eigenvalue weighted by molar-refractivity contribution is 0.171. The average molecular weight is 370 g/mol. The molecule has 1 aromatic carbocycles. The van der Waals surface area contributed by atoms with Gasteiger partial charge < -0.3 is 19.7 Å². The number of benzene rings is 1. The molecule has 27 heavy (non-hydrogen) atoms. The number of hydrogen-bond donors (Lipinski definition) is 2. The highest BCUT2D eigenvalue weighted by Gasteiger charge is 2.25. The molecule has 2 heterocycles. The van der Waals surface area contributed by atoms with Gasteiger partial charge in [-0.25, -0.2) is 4.79 Å². The molecule has 1 aliphatic carbocycles. The van der Waals surface area contributed by atoms with E-state index in [2.05, 4.69) is 28.4 Å². The molecule has 1 saturated carbocycles. The second-order valence-corrected chi connectivity index (χ2v) is 8.26. The Morgan fingerprint density at radius 3 is 2.59 bits per heavy atom. The molecule has 0 radical (unpaired) electrons. The SMILES string of the molecule is O=C(O)NC1CCC(CCN2CCC(c3coc4ccccc34)CC2)CC1. The second-order valence-electron chi connectivity index (χ2n) is 8.26. The van der Waals surface area contributed by atoms with Crippen molar-refractivity contribution in [3.8, 4) is 0 Å². The van der Waals surface area contributed by atoms with Crippen LogP contribution in [0.4, 0.5) is 4.79 Å². The van der Waals surface area contributed by atoms with Crippen LogP contribution in [0.1, 0.15) is 56.4 Å². The number of rotatable bonds is 5. The maximum absolute atomic E-state index is 10.7. The van der Waals surface area contributed by atoms with Crippen LogP contribution >= 0.6 is 0 Å². The quantitative estimate of drug-likeness (QED) is 0.791. The number of para-hydroxylation sites is 1. The van der Waals surface area contributed by atoms with Crippen LogP contribution in [0.5, 0.6) is 0 Å². The first-order valence-electron chi connectivity index (χ1n) is 10.4. The molecule has 1 aromatic heterocycles. The zero-order chi connectivity index (χ0) is 18.6. The molecule has 5 nitrogen and oxygen atoms in total. The highest BCUT2D eigenvalue weighted by atomic mass is 16.4. The summed E-state index contributed by atoms with van der Waals surface area (Å²) in [7, 11) is 0. The molecule has 146 valence electrons. The van der Waals surface area contributed by atoms with E-state index in [1.807, 2.05) is 12.3 Å². The van der Waals surface area contributed by atoms with Crippen LogP contribution in [0.2, 0.25) is 0 Å². The Morgan fingerprint density at radius 1 is 1.11 bits per heavy atom. The number of furan rings is 1. The van der Waals surface area contributed by atoms with Crippen LogP contribution in [-0.2, 0) is 0 Å². The lowest BCUT2D eigenvalue weighted by atomic mass is 9.83. The Balaban J connectivity index is 1.21. The number of nitrogens with zero attached hydrogens (tertiary/aromatic N) is 1. The van der Waals surface area contributed by atoms with Crippen molar-refractivity contribution in [2.24, 2.45) is 5.92 Å². The predicted octanol–water partition coefficient (Wildman–Crippen LogP) is 4.83. The van der Waals surface area contributed by atoms with Crippen LogP contribution in [0.25, 0.3) is 11.0 Å². The van der Waals surface area contributed by atoms with E-state index in [1.54, 1.807) is 0 Å². The molecule has 2 fully saturated rings. The zero-order valence-electron chi connectivity index (χ0n) is 15.9. The van der Waals surface area contributed by atoms with Crippen LogP contribution in [0, 0.1) is 5.92 Å². The maximum Gasteiger partial charge on any atom is 0.404 e. The molecule has 4 rings (SSSR count). The molecule has 5 heteroatoms. The van der Waals surface area contributed by atoms with Crippen molar-refractivity contribution in [3.05, 3.63) is 36.1 Å². The van der Waals surface area contributed by atoms with Crippen molar-refractivity contribution in [1.82, 2.24) is 10.2 Å². The molecule has 0 spiro atoms. The van der Waals surface area contributed by atoms with E-state index in [0.29, 0.717) is 5.92 Å². The van der Waals surface area contributed by atoms with Crippen LogP contribution in [0.15, 0.2) is 34.9 Å². The summed E-state index contributed by atoms with van der Waals surface area (Å²) >= 11 is 0. The van der Waals surface area contributed by atoms with Gasteiger partial charge >= 0.3 is 6.09 Å². The summed E-state index contributed by atoms with van der Waals surface area (Å²) in [6.07, 6.45) is 9.04. The molecule has 1 amide bonds. The molecule has 2 aromatic rings. The summed E-state index contributed by atoms with van der Waals surface area (Å²) < 4.78 is 5.73. The molecule has 2 aliphatic rings. The van der Waals surface area contributed by atoms with Gasteiger partial charge in [0.1, 0.15) is 5.58 Å². The lowest BCUT2D eigenvalue weighted by Crippen LogP contribution is -2.38. The molecular weight excluding hydrogens is 340 g/mol. The van der Waals surface area contributed by atoms with Gasteiger partial charge in [0.05, 0.1) is 6.26 Å². The molecule has 0 unspecified atom stereocenters. The minimum Gasteiger partial charge on any atom is -0.465 e. The first kappa shape index (κ1) is 18.4. The molecule has 0 atom stereocenters. The Kier molecular flexibility index (Phi) is 5.67. The predicted molar refractivity (Wildman–Crippen MR) is 106 cm³/mol. The first-order chi connectivity index (χ1) is 13.2. The highest BCUT2D eigenvalue weighted by Crippen LogP contribution is 2.35. The third-order valence-corrected chi connectivity index (χ3v) is 6.57. The zero-order valence-corrected chi connectivity index (χ0v) is 15.9. The number of hydrogen-bond acceptors (Lipinski definition) is 3. The number of piperidine rings is 1. The van der Waals surface area contributed by atoms with E-state index in [4.69, 9.17) is 9.52 Å². The summed E-state index contributed by atoms with van der Waals surface area (Å²) in [5, 5.41) is 12.7. The largest absolute Gasteiger partial charge is 0.465 e. The average Bonchev–Trinajstić information content (AvgIpc) is 3.12. The van der Waals surface area contributed by atoms with Gasteiger partial charge in [0.25, 0.3) is 0 Å². The van der Waals surface area contributed by atoms with Gasteiger partial charge in [0, 0.05) is 17.0 Å². The van der Waals surface area contributed by atoms with Crippen molar-refractivity contribution in [3.63, 3.8) is 0 Å². The molecular formula is C22H30N2O3. The van der Waals surface area contributed by atoms with Gasteiger partial charge in [-0.1, -0.05) is 18.2 Å². The van der Waals surface area contributed by atoms with Gasteiger partial charge in [0.15, 0.2) is 0 Å². The van der Waals surface area contributed by atoms with E-state index >= 15 is 0 Å². The number of nitrogens with one attached hydrogen (secondary N) is 1. The normalized spacial score (nSPS) is 24.9. The summed E-state index contributed by atoms with van der Waals surface area (Å²) in [6.45, 7) is 3.51. The maximum atomic E-state index is 10.7. The fourth-order valence-electron chi connectivity index (χ4n) is 4.92. The fraction of sp³-hybridized carbons (Fsp3) is 0.591. The first-order valence-corrected chi connectivity index (χ1v) is 10.4. The summed E-state index contributed by atoms with van der Waals surface area (Å²) in [5.74, 6) is 1.37. The van der Waals surface area contributed by atoms with Gasteiger partial charge in [-0.3, -0.25) is 0 Å². The van der Waals surface area contributed by atoms with Crippen LogP contribution in [-0.4, -0.2) is 41.8 Å². The van der Waals surface area contributed by atoms with Crippen molar-refractivity contribution >= 4 is 17.1 Å². The van der Waals surface area contributed by atoms with Gasteiger partial charge in [-0.15, -0.1) is 0 Å². The van der Waals surface area contributed by atoms with Crippen molar-refractivity contribution < 1.29 is 14.3 Å². The molecule has 0 bridgehead atoms. The fourth-order valence-corrected chi connectivity index (χ4v) is 4.92. The number of amides is 1. The van der Waals surface area contributed by atoms with E-state index in [0.717, 1.165) is 37.2 Å². The summed E-state index contributed by atoms with van der Waals surface area (Å²) in [6, 6.07) is 8.52. The van der Waals surface area contributed by atoms with Crippen molar-refractivity contribution in [2.75, 3.05) is 19.6 Å². The minimum absolute atomic E-state index is 0.166. The van der Waals surface area contributed by atoms with Crippen molar-refractivity contribution in [2.45, 2.75) is 56.9 Å². The third-order valence-electron chi connectivity index (χ3n) is 6.57. The third kappa shape index (κ3) is 4.46. The Bertz CT molecular complexity index is 756. The van der Waals surface area contributed by atoms with E-state index in [9.17, 15) is 4.79 Å². The Labute approximate surface area is 160 Å². The molecule has 2 N–H and O–H groups in total. The van der Waals surface area contributed by atoms with E-state index in [1.165, 1.54) is 49.8 Å². The highest BCUT2D eigenvalue weighted by molar-refractivity contribution is 5.81. The van der Waals surface area contributed by atoms with E-state index in [-0.39, 0.29) is 6.04 Å². The van der Waals surface area contributed by atoms with Crippen LogP contribution < -0.4 is 5.32 Å². The van der Waals surface area contributed by atoms with Gasteiger partial charge in [0.2, 0.25) is 0 Å². The Hall–Kier alpha value is -2.01. The van der Waals surface area contributed by atoms with E-state index < -0.39 is 6.09 Å². The number of likely N-dealkylation sites (tertiary alicyclic amines) is 1. The number of fused-ring (bicyclic) bond motifs is 1. The topological polar surface area (TPSA) is 65.7 Å². The smallest absolute Gasteiger partial charge is 0.404 e. The number of carboxylic acid groups (broad SMARTS) is 1. The van der Waals surface area contributed by atoms with Crippen molar-refractivity contribution in [1.29, 1.82) is 0 Å². The van der Waals surface area contributed by atoms with Gasteiger partial charge in [-0.2, -0.15) is 0 Å². The lowest BCUT2D eigenvalue weighted by Gasteiger charge is -2.34.